The van der Waals surface area contributed by atoms with E-state index in [1.165, 1.54) is 0 Å². The molecule has 0 aliphatic rings. The molecule has 0 atom stereocenters. The summed E-state index contributed by atoms with van der Waals surface area (Å²) < 4.78 is -0.538. The van der Waals surface area contributed by atoms with Crippen molar-refractivity contribution in [3.05, 3.63) is 102 Å². The number of pyridine rings is 1. The summed E-state index contributed by atoms with van der Waals surface area (Å²) in [7, 11) is 0. The molecule has 3 aromatic rings. The van der Waals surface area contributed by atoms with Crippen LogP contribution in [-0.4, -0.2) is 4.98 Å². The van der Waals surface area contributed by atoms with Crippen LogP contribution >= 0.6 is 12.6 Å². The third-order valence-electron chi connectivity index (χ3n) is 3.42. The molecule has 1 heterocycles. The highest BCUT2D eigenvalue weighted by Gasteiger charge is 2.33. The van der Waals surface area contributed by atoms with Crippen LogP contribution in [0.4, 0.5) is 0 Å². The minimum atomic E-state index is -0.538. The van der Waals surface area contributed by atoms with Gasteiger partial charge in [0.25, 0.3) is 0 Å². The molecule has 1 nitrogen and oxygen atoms in total. The molecule has 0 aliphatic carbocycles. The molecule has 1 aromatic heterocycles. The molecule has 0 amide bonds. The van der Waals surface area contributed by atoms with Gasteiger partial charge in [0.05, 0.1) is 5.69 Å². The first kappa shape index (κ1) is 12.9. The van der Waals surface area contributed by atoms with E-state index in [-0.39, 0.29) is 0 Å². The van der Waals surface area contributed by atoms with Gasteiger partial charge in [-0.1, -0.05) is 66.7 Å². The zero-order chi connectivity index (χ0) is 13.8. The van der Waals surface area contributed by atoms with E-state index in [1.54, 1.807) is 0 Å². The Kier molecular flexibility index (Phi) is 3.57. The summed E-state index contributed by atoms with van der Waals surface area (Å²) in [5.41, 5.74) is 3.17. The lowest BCUT2D eigenvalue weighted by Gasteiger charge is -2.29. The molecule has 0 unspecified atom stereocenters. The number of hydrogen-bond acceptors (Lipinski definition) is 2. The van der Waals surface area contributed by atoms with Crippen LogP contribution in [0.15, 0.2) is 85.1 Å². The first-order chi connectivity index (χ1) is 9.82. The molecule has 20 heavy (non-hydrogen) atoms. The quantitative estimate of drug-likeness (QED) is 0.704. The highest BCUT2D eigenvalue weighted by molar-refractivity contribution is 7.81. The SMILES string of the molecule is SC(c1ccccc1)(c1ccccc1)c1ccccn1. The number of rotatable bonds is 3. The summed E-state index contributed by atoms with van der Waals surface area (Å²) in [6.07, 6.45) is 1.81. The highest BCUT2D eigenvalue weighted by atomic mass is 32.1. The number of benzene rings is 2. The van der Waals surface area contributed by atoms with Gasteiger partial charge in [-0.15, -0.1) is 0 Å². The average molecular weight is 277 g/mol. The van der Waals surface area contributed by atoms with E-state index >= 15 is 0 Å². The fraction of sp³-hybridized carbons (Fsp3) is 0.0556. The molecule has 3 rings (SSSR count). The Morgan fingerprint density at radius 2 is 1.15 bits per heavy atom. The van der Waals surface area contributed by atoms with Crippen LogP contribution < -0.4 is 0 Å². The molecule has 2 heteroatoms. The zero-order valence-corrected chi connectivity index (χ0v) is 11.9. The smallest absolute Gasteiger partial charge is 0.105 e. The van der Waals surface area contributed by atoms with Gasteiger partial charge in [0.2, 0.25) is 0 Å². The lowest BCUT2D eigenvalue weighted by molar-refractivity contribution is 0.855. The maximum atomic E-state index is 5.02. The number of thiol groups is 1. The van der Waals surface area contributed by atoms with E-state index in [2.05, 4.69) is 29.2 Å². The Morgan fingerprint density at radius 1 is 0.650 bits per heavy atom. The lowest BCUT2D eigenvalue weighted by Crippen LogP contribution is -2.23. The normalized spacial score (nSPS) is 11.2. The van der Waals surface area contributed by atoms with Crippen molar-refractivity contribution >= 4 is 12.6 Å². The van der Waals surface area contributed by atoms with Crippen LogP contribution in [0.5, 0.6) is 0 Å². The summed E-state index contributed by atoms with van der Waals surface area (Å²) in [6, 6.07) is 26.5. The molecule has 0 saturated heterocycles. The average Bonchev–Trinajstić information content (AvgIpc) is 2.56. The summed E-state index contributed by atoms with van der Waals surface area (Å²) in [4.78, 5) is 4.53. The lowest BCUT2D eigenvalue weighted by atomic mass is 9.87. The Bertz CT molecular complexity index is 569. The molecule has 0 spiro atoms. The molecule has 0 aliphatic heterocycles. The fourth-order valence-electron chi connectivity index (χ4n) is 2.40. The van der Waals surface area contributed by atoms with E-state index in [4.69, 9.17) is 12.6 Å². The van der Waals surface area contributed by atoms with Crippen LogP contribution in [0.1, 0.15) is 16.8 Å². The third-order valence-corrected chi connectivity index (χ3v) is 4.16. The van der Waals surface area contributed by atoms with Crippen molar-refractivity contribution in [3.63, 3.8) is 0 Å². The van der Waals surface area contributed by atoms with Crippen molar-refractivity contribution in [2.24, 2.45) is 0 Å². The van der Waals surface area contributed by atoms with Gasteiger partial charge in [-0.25, -0.2) is 0 Å². The van der Waals surface area contributed by atoms with E-state index < -0.39 is 4.75 Å². The van der Waals surface area contributed by atoms with Gasteiger partial charge in [-0.2, -0.15) is 12.6 Å². The summed E-state index contributed by atoms with van der Waals surface area (Å²) in [5, 5.41) is 0. The van der Waals surface area contributed by atoms with Crippen LogP contribution in [-0.2, 0) is 4.75 Å². The molecular weight excluding hydrogens is 262 g/mol. The maximum Gasteiger partial charge on any atom is 0.105 e. The van der Waals surface area contributed by atoms with Gasteiger partial charge < -0.3 is 0 Å². The van der Waals surface area contributed by atoms with Crippen LogP contribution in [0, 0.1) is 0 Å². The summed E-state index contributed by atoms with van der Waals surface area (Å²) >= 11 is 5.02. The standard InChI is InChI=1S/C18H15NS/c20-18(15-9-3-1-4-10-15,16-11-5-2-6-12-16)17-13-7-8-14-19-17/h1-14,20H. The van der Waals surface area contributed by atoms with Crippen molar-refractivity contribution in [2.75, 3.05) is 0 Å². The largest absolute Gasteiger partial charge is 0.259 e. The Morgan fingerprint density at radius 3 is 1.60 bits per heavy atom. The maximum absolute atomic E-state index is 5.02. The van der Waals surface area contributed by atoms with Crippen LogP contribution in [0.3, 0.4) is 0 Å². The second-order valence-corrected chi connectivity index (χ2v) is 5.33. The van der Waals surface area contributed by atoms with Gasteiger partial charge in [0.15, 0.2) is 0 Å². The minimum Gasteiger partial charge on any atom is -0.259 e. The van der Waals surface area contributed by atoms with Gasteiger partial charge in [0.1, 0.15) is 4.75 Å². The topological polar surface area (TPSA) is 12.9 Å². The molecular formula is C18H15NS. The molecule has 2 aromatic carbocycles. The monoisotopic (exact) mass is 277 g/mol. The van der Waals surface area contributed by atoms with E-state index in [9.17, 15) is 0 Å². The molecule has 0 saturated carbocycles. The predicted molar refractivity (Wildman–Crippen MR) is 86.0 cm³/mol. The molecule has 98 valence electrons. The summed E-state index contributed by atoms with van der Waals surface area (Å²) in [5.74, 6) is 0. The van der Waals surface area contributed by atoms with Crippen molar-refractivity contribution < 1.29 is 0 Å². The van der Waals surface area contributed by atoms with Gasteiger partial charge in [-0.05, 0) is 23.3 Å². The fourth-order valence-corrected chi connectivity index (χ4v) is 2.83. The minimum absolute atomic E-state index is 0.538. The van der Waals surface area contributed by atoms with Gasteiger partial charge in [-0.3, -0.25) is 4.98 Å². The van der Waals surface area contributed by atoms with Crippen LogP contribution in [0.2, 0.25) is 0 Å². The second-order valence-electron chi connectivity index (χ2n) is 4.66. The van der Waals surface area contributed by atoms with Crippen molar-refractivity contribution in [1.82, 2.24) is 4.98 Å². The molecule has 0 fully saturated rings. The Balaban J connectivity index is 2.24. The van der Waals surface area contributed by atoms with Crippen molar-refractivity contribution in [2.45, 2.75) is 4.75 Å². The molecule has 0 radical (unpaired) electrons. The predicted octanol–water partition coefficient (Wildman–Crippen LogP) is 4.30. The number of aromatic nitrogens is 1. The van der Waals surface area contributed by atoms with Crippen LogP contribution in [0.25, 0.3) is 0 Å². The van der Waals surface area contributed by atoms with E-state index in [0.717, 1.165) is 16.8 Å². The van der Waals surface area contributed by atoms with Gasteiger partial charge in [0, 0.05) is 6.20 Å². The van der Waals surface area contributed by atoms with Crippen molar-refractivity contribution in [3.8, 4) is 0 Å². The Hall–Kier alpha value is -2.06. The van der Waals surface area contributed by atoms with E-state index in [0.29, 0.717) is 0 Å². The second kappa shape index (κ2) is 5.51. The highest BCUT2D eigenvalue weighted by Crippen LogP contribution is 2.41. The third kappa shape index (κ3) is 2.23. The van der Waals surface area contributed by atoms with E-state index in [1.807, 2.05) is 60.8 Å². The molecule has 0 bridgehead atoms. The zero-order valence-electron chi connectivity index (χ0n) is 11.0. The van der Waals surface area contributed by atoms with Crippen molar-refractivity contribution in [1.29, 1.82) is 0 Å². The summed E-state index contributed by atoms with van der Waals surface area (Å²) in [6.45, 7) is 0. The van der Waals surface area contributed by atoms with Gasteiger partial charge >= 0.3 is 0 Å². The Labute approximate surface area is 124 Å². The first-order valence-corrected chi connectivity index (χ1v) is 7.01. The molecule has 0 N–H and O–H groups in total. The number of hydrogen-bond donors (Lipinski definition) is 1. The number of nitrogens with zero attached hydrogens (tertiary/aromatic N) is 1. The first-order valence-electron chi connectivity index (χ1n) is 6.57.